The Morgan fingerprint density at radius 3 is 2.83 bits per heavy atom. The fourth-order valence-corrected chi connectivity index (χ4v) is 2.43. The normalized spacial score (nSPS) is 14.7. The predicted octanol–water partition coefficient (Wildman–Crippen LogP) is 2.63. The molecule has 0 bridgehead atoms. The molecule has 2 heterocycles. The van der Waals surface area contributed by atoms with Crippen molar-refractivity contribution < 1.29 is 9.47 Å². The van der Waals surface area contributed by atoms with E-state index in [1.54, 1.807) is 0 Å². The van der Waals surface area contributed by atoms with E-state index in [4.69, 9.17) is 9.47 Å². The number of aromatic nitrogens is 2. The van der Waals surface area contributed by atoms with Crippen LogP contribution in [0.1, 0.15) is 12.2 Å². The molecule has 0 saturated heterocycles. The average Bonchev–Trinajstić information content (AvgIpc) is 2.62. The van der Waals surface area contributed by atoms with Crippen LogP contribution < -0.4 is 9.47 Å². The van der Waals surface area contributed by atoms with Crippen LogP contribution in [0.25, 0.3) is 11.0 Å². The Bertz CT molecular complexity index is 510. The molecule has 0 spiro atoms. The van der Waals surface area contributed by atoms with Gasteiger partial charge < -0.3 is 14.5 Å². The molecule has 1 aromatic heterocycles. The van der Waals surface area contributed by atoms with Gasteiger partial charge in [0.25, 0.3) is 0 Å². The minimum absolute atomic E-state index is 0.711. The third-order valence-electron chi connectivity index (χ3n) is 2.94. The molecule has 18 heavy (non-hydrogen) atoms. The second kappa shape index (κ2) is 5.10. The topological polar surface area (TPSA) is 47.1 Å². The Labute approximate surface area is 110 Å². The van der Waals surface area contributed by atoms with E-state index in [2.05, 4.69) is 16.2 Å². The maximum Gasteiger partial charge on any atom is 0.163 e. The van der Waals surface area contributed by atoms with Crippen LogP contribution in [-0.2, 0) is 6.42 Å². The van der Waals surface area contributed by atoms with Crippen molar-refractivity contribution in [1.29, 1.82) is 0 Å². The summed E-state index contributed by atoms with van der Waals surface area (Å²) in [6.45, 7) is 1.42. The highest BCUT2D eigenvalue weighted by Crippen LogP contribution is 2.33. The third-order valence-corrected chi connectivity index (χ3v) is 3.56. The van der Waals surface area contributed by atoms with Crippen LogP contribution in [0.3, 0.4) is 0 Å². The monoisotopic (exact) mass is 264 g/mol. The number of nitrogens with one attached hydrogen (secondary N) is 1. The van der Waals surface area contributed by atoms with Gasteiger partial charge in [0.1, 0.15) is 5.82 Å². The van der Waals surface area contributed by atoms with Gasteiger partial charge in [-0.15, -0.1) is 0 Å². The number of thioether (sulfide) groups is 1. The summed E-state index contributed by atoms with van der Waals surface area (Å²) in [5.74, 6) is 3.73. The number of hydrogen-bond donors (Lipinski definition) is 1. The van der Waals surface area contributed by atoms with Gasteiger partial charge in [-0.3, -0.25) is 0 Å². The minimum Gasteiger partial charge on any atom is -0.489 e. The van der Waals surface area contributed by atoms with E-state index in [-0.39, 0.29) is 0 Å². The maximum absolute atomic E-state index is 5.67. The summed E-state index contributed by atoms with van der Waals surface area (Å²) in [5.41, 5.74) is 1.98. The number of ether oxygens (including phenoxy) is 2. The maximum atomic E-state index is 5.67. The van der Waals surface area contributed by atoms with Crippen LogP contribution >= 0.6 is 11.8 Å². The molecule has 1 aliphatic rings. The average molecular weight is 264 g/mol. The Balaban J connectivity index is 1.96. The van der Waals surface area contributed by atoms with Gasteiger partial charge >= 0.3 is 0 Å². The Kier molecular flexibility index (Phi) is 3.32. The molecule has 0 saturated carbocycles. The lowest BCUT2D eigenvalue weighted by Crippen LogP contribution is -1.97. The molecule has 1 N–H and O–H groups in total. The van der Waals surface area contributed by atoms with Crippen molar-refractivity contribution in [3.63, 3.8) is 0 Å². The molecule has 0 atom stereocenters. The first-order valence-electron chi connectivity index (χ1n) is 6.14. The lowest BCUT2D eigenvalue weighted by atomic mass is 10.3. The second-order valence-corrected chi connectivity index (χ2v) is 5.28. The zero-order valence-electron chi connectivity index (χ0n) is 10.4. The number of imidazole rings is 1. The van der Waals surface area contributed by atoms with Gasteiger partial charge in [0.05, 0.1) is 24.2 Å². The molecule has 96 valence electrons. The standard InChI is InChI=1S/C13H16N2O2S/c1-18-6-3-13-14-9-7-11-12(8-10(9)15-13)17-5-2-4-16-11/h7-8H,2-6H2,1H3,(H,14,15). The predicted molar refractivity (Wildman–Crippen MR) is 73.8 cm³/mol. The lowest BCUT2D eigenvalue weighted by Gasteiger charge is -2.05. The van der Waals surface area contributed by atoms with Crippen LogP contribution in [0, 0.1) is 0 Å². The summed E-state index contributed by atoms with van der Waals surface area (Å²) in [7, 11) is 0. The van der Waals surface area contributed by atoms with Crippen molar-refractivity contribution in [2.24, 2.45) is 0 Å². The molecule has 0 aliphatic carbocycles. The zero-order valence-corrected chi connectivity index (χ0v) is 11.2. The summed E-state index contributed by atoms with van der Waals surface area (Å²) in [5, 5.41) is 0. The van der Waals surface area contributed by atoms with Crippen LogP contribution in [-0.4, -0.2) is 35.2 Å². The van der Waals surface area contributed by atoms with E-state index in [9.17, 15) is 0 Å². The fraction of sp³-hybridized carbons (Fsp3) is 0.462. The van der Waals surface area contributed by atoms with Crippen molar-refractivity contribution in [1.82, 2.24) is 9.97 Å². The SMILES string of the molecule is CSCCc1nc2cc3c(cc2[nH]1)OCCCO3. The number of H-pyrrole nitrogens is 1. The third kappa shape index (κ3) is 2.27. The number of rotatable bonds is 3. The number of benzene rings is 1. The highest BCUT2D eigenvalue weighted by atomic mass is 32.2. The molecule has 3 rings (SSSR count). The molecule has 2 aromatic rings. The largest absolute Gasteiger partial charge is 0.489 e. The van der Waals surface area contributed by atoms with Crippen LogP contribution in [0.5, 0.6) is 11.5 Å². The van der Waals surface area contributed by atoms with Gasteiger partial charge in [-0.2, -0.15) is 11.8 Å². The highest BCUT2D eigenvalue weighted by Gasteiger charge is 2.13. The van der Waals surface area contributed by atoms with Crippen molar-refractivity contribution in [2.75, 3.05) is 25.2 Å². The first-order valence-corrected chi connectivity index (χ1v) is 7.53. The quantitative estimate of drug-likeness (QED) is 0.925. The Hall–Kier alpha value is -1.36. The van der Waals surface area contributed by atoms with E-state index in [0.29, 0.717) is 13.2 Å². The highest BCUT2D eigenvalue weighted by molar-refractivity contribution is 7.98. The molecule has 0 amide bonds. The molecular formula is C13H16N2O2S. The molecule has 1 aromatic carbocycles. The van der Waals surface area contributed by atoms with Crippen molar-refractivity contribution >= 4 is 22.8 Å². The number of aromatic amines is 1. The van der Waals surface area contributed by atoms with Gasteiger partial charge in [-0.05, 0) is 6.26 Å². The van der Waals surface area contributed by atoms with Gasteiger partial charge in [0.2, 0.25) is 0 Å². The van der Waals surface area contributed by atoms with Gasteiger partial charge in [0.15, 0.2) is 11.5 Å². The van der Waals surface area contributed by atoms with Crippen LogP contribution in [0.2, 0.25) is 0 Å². The number of aryl methyl sites for hydroxylation is 1. The Morgan fingerprint density at radius 1 is 1.28 bits per heavy atom. The molecule has 4 nitrogen and oxygen atoms in total. The molecule has 5 heteroatoms. The second-order valence-electron chi connectivity index (χ2n) is 4.29. The summed E-state index contributed by atoms with van der Waals surface area (Å²) >= 11 is 1.83. The summed E-state index contributed by atoms with van der Waals surface area (Å²) in [4.78, 5) is 7.93. The summed E-state index contributed by atoms with van der Waals surface area (Å²) < 4.78 is 11.3. The van der Waals surface area contributed by atoms with E-state index in [0.717, 1.165) is 47.0 Å². The number of nitrogens with zero attached hydrogens (tertiary/aromatic N) is 1. The molecule has 0 fully saturated rings. The first kappa shape index (κ1) is 11.7. The molecule has 1 aliphatic heterocycles. The summed E-state index contributed by atoms with van der Waals surface area (Å²) in [6.07, 6.45) is 3.99. The lowest BCUT2D eigenvalue weighted by molar-refractivity contribution is 0.297. The minimum atomic E-state index is 0.711. The van der Waals surface area contributed by atoms with Crippen LogP contribution in [0.15, 0.2) is 12.1 Å². The van der Waals surface area contributed by atoms with Gasteiger partial charge in [-0.1, -0.05) is 0 Å². The van der Waals surface area contributed by atoms with Gasteiger partial charge in [0, 0.05) is 30.7 Å². The molecule has 0 radical (unpaired) electrons. The first-order chi connectivity index (χ1) is 8.86. The van der Waals surface area contributed by atoms with Crippen molar-refractivity contribution in [3.05, 3.63) is 18.0 Å². The van der Waals surface area contributed by atoms with E-state index in [1.807, 2.05) is 23.9 Å². The van der Waals surface area contributed by atoms with Crippen molar-refractivity contribution in [3.8, 4) is 11.5 Å². The smallest absolute Gasteiger partial charge is 0.163 e. The number of fused-ring (bicyclic) bond motifs is 2. The molecule has 0 unspecified atom stereocenters. The van der Waals surface area contributed by atoms with Gasteiger partial charge in [-0.25, -0.2) is 4.98 Å². The summed E-state index contributed by atoms with van der Waals surface area (Å²) in [6, 6.07) is 3.96. The van der Waals surface area contributed by atoms with E-state index < -0.39 is 0 Å². The fourth-order valence-electron chi connectivity index (χ4n) is 2.04. The Morgan fingerprint density at radius 2 is 2.06 bits per heavy atom. The van der Waals surface area contributed by atoms with E-state index >= 15 is 0 Å². The molecular weight excluding hydrogens is 248 g/mol. The van der Waals surface area contributed by atoms with Crippen LogP contribution in [0.4, 0.5) is 0 Å². The zero-order chi connectivity index (χ0) is 12.4. The van der Waals surface area contributed by atoms with E-state index in [1.165, 1.54) is 0 Å². The van der Waals surface area contributed by atoms with Crippen molar-refractivity contribution in [2.45, 2.75) is 12.8 Å². The number of hydrogen-bond acceptors (Lipinski definition) is 4.